The number of alkyl halides is 12. The van der Waals surface area contributed by atoms with Crippen LogP contribution in [0.25, 0.3) is 0 Å². The summed E-state index contributed by atoms with van der Waals surface area (Å²) >= 11 is 0. The number of hydrogen-bond acceptors (Lipinski definition) is 8. The first-order valence-electron chi connectivity index (χ1n) is 13.5. The molecule has 0 saturated carbocycles. The van der Waals surface area contributed by atoms with Crippen LogP contribution in [-0.4, -0.2) is 120 Å². The number of fused-ring (bicyclic) bond motifs is 2. The van der Waals surface area contributed by atoms with Crippen molar-refractivity contribution in [3.63, 3.8) is 0 Å². The first-order valence-corrected chi connectivity index (χ1v) is 13.5. The Balaban J connectivity index is 0.000000737. The van der Waals surface area contributed by atoms with E-state index in [2.05, 4.69) is 45.5 Å². The van der Waals surface area contributed by atoms with Crippen molar-refractivity contribution in [2.75, 3.05) is 26.7 Å². The molecule has 4 N–H and O–H groups in total. The van der Waals surface area contributed by atoms with E-state index in [4.69, 9.17) is 44.6 Å². The highest BCUT2D eigenvalue weighted by Crippen LogP contribution is 2.40. The van der Waals surface area contributed by atoms with E-state index < -0.39 is 48.6 Å². The van der Waals surface area contributed by atoms with Gasteiger partial charge in [-0.1, -0.05) is 6.07 Å². The fourth-order valence-corrected chi connectivity index (χ4v) is 4.16. The van der Waals surface area contributed by atoms with Gasteiger partial charge in [-0.2, -0.15) is 52.7 Å². The first kappa shape index (κ1) is 46.3. The topological polar surface area (TPSA) is 186 Å². The number of halogens is 12. The molecule has 2 aromatic heterocycles. The van der Waals surface area contributed by atoms with Crippen molar-refractivity contribution < 1.29 is 92.3 Å². The van der Waals surface area contributed by atoms with Gasteiger partial charge in [0.05, 0.1) is 11.2 Å². The minimum Gasteiger partial charge on any atom is -0.475 e. The highest BCUT2D eigenvalue weighted by molar-refractivity contribution is 5.74. The largest absolute Gasteiger partial charge is 0.490 e. The Morgan fingerprint density at radius 3 is 1.41 bits per heavy atom. The molecule has 2 aliphatic heterocycles. The van der Waals surface area contributed by atoms with Gasteiger partial charge in [-0.3, -0.25) is 14.8 Å². The van der Waals surface area contributed by atoms with Crippen LogP contribution >= 0.6 is 0 Å². The summed E-state index contributed by atoms with van der Waals surface area (Å²) in [7, 11) is 2.27. The summed E-state index contributed by atoms with van der Waals surface area (Å²) in [5.41, 5.74) is 2.58. The van der Waals surface area contributed by atoms with Gasteiger partial charge >= 0.3 is 48.6 Å². The Morgan fingerprint density at radius 2 is 1.08 bits per heavy atom. The van der Waals surface area contributed by atoms with Crippen LogP contribution in [-0.2, 0) is 37.8 Å². The third-order valence-corrected chi connectivity index (χ3v) is 6.63. The molecule has 0 aromatic carbocycles. The van der Waals surface area contributed by atoms with Gasteiger partial charge < -0.3 is 25.0 Å². The van der Waals surface area contributed by atoms with Crippen LogP contribution < -0.4 is 0 Å². The second kappa shape index (κ2) is 18.5. The average Bonchev–Trinajstić information content (AvgIpc) is 3.37. The molecule has 25 heteroatoms. The maximum Gasteiger partial charge on any atom is 0.490 e. The number of pyridine rings is 1. The Labute approximate surface area is 278 Å². The van der Waals surface area contributed by atoms with Gasteiger partial charge in [0, 0.05) is 50.8 Å². The van der Waals surface area contributed by atoms with Crippen LogP contribution in [0.1, 0.15) is 30.1 Å². The van der Waals surface area contributed by atoms with E-state index in [0.29, 0.717) is 0 Å². The monoisotopic (exact) mass is 767 g/mol. The van der Waals surface area contributed by atoms with Crippen molar-refractivity contribution >= 4 is 23.9 Å². The molecule has 51 heavy (non-hydrogen) atoms. The zero-order valence-corrected chi connectivity index (χ0v) is 26.0. The molecule has 0 aliphatic carbocycles. The molecule has 13 nitrogen and oxygen atoms in total. The van der Waals surface area contributed by atoms with Crippen molar-refractivity contribution in [1.82, 2.24) is 24.3 Å². The maximum atomic E-state index is 10.6. The van der Waals surface area contributed by atoms with E-state index in [1.165, 1.54) is 11.5 Å². The Morgan fingerprint density at radius 1 is 0.686 bits per heavy atom. The highest BCUT2D eigenvalue weighted by Gasteiger charge is 2.45. The number of nitrogens with zero attached hydrogens (tertiary/aromatic N) is 5. The van der Waals surface area contributed by atoms with Crippen molar-refractivity contribution in [2.24, 2.45) is 0 Å². The SMILES string of the molecule is Cc1cnc2n1CCN(C)C21CCN(Cc2ccccn2)CC1.O=C(O)C(F)(F)F.O=C(O)C(F)(F)F.O=C(O)C(F)(F)F.O=C(O)C(F)(F)F. The van der Waals surface area contributed by atoms with Gasteiger partial charge in [0.15, 0.2) is 0 Å². The molecule has 0 radical (unpaired) electrons. The fourth-order valence-electron chi connectivity index (χ4n) is 4.16. The zero-order valence-electron chi connectivity index (χ0n) is 26.0. The Hall–Kier alpha value is -4.68. The number of carbonyl (C=O) groups is 4. The van der Waals surface area contributed by atoms with E-state index in [9.17, 15) is 52.7 Å². The van der Waals surface area contributed by atoms with Crippen molar-refractivity contribution in [2.45, 2.75) is 63.1 Å². The summed E-state index contributed by atoms with van der Waals surface area (Å²) in [5, 5.41) is 28.5. The van der Waals surface area contributed by atoms with Crippen molar-refractivity contribution in [3.05, 3.63) is 47.8 Å². The molecule has 0 bridgehead atoms. The maximum absolute atomic E-state index is 10.6. The van der Waals surface area contributed by atoms with Crippen LogP contribution in [0.5, 0.6) is 0 Å². The lowest BCUT2D eigenvalue weighted by Gasteiger charge is -2.49. The lowest BCUT2D eigenvalue weighted by Crippen LogP contribution is -2.56. The number of piperidine rings is 1. The van der Waals surface area contributed by atoms with Gasteiger partial charge in [0.1, 0.15) is 5.82 Å². The minimum atomic E-state index is -5.08. The van der Waals surface area contributed by atoms with E-state index in [1.807, 2.05) is 18.5 Å². The van der Waals surface area contributed by atoms with Gasteiger partial charge in [-0.05, 0) is 38.9 Å². The molecule has 2 aliphatic rings. The summed E-state index contributed by atoms with van der Waals surface area (Å²) in [6.07, 6.45) is -14.1. The second-order valence-corrected chi connectivity index (χ2v) is 10.1. The third-order valence-electron chi connectivity index (χ3n) is 6.63. The smallest absolute Gasteiger partial charge is 0.475 e. The summed E-state index contributed by atoms with van der Waals surface area (Å²) in [4.78, 5) is 49.9. The zero-order chi connectivity index (χ0) is 40.2. The number of carboxylic acid groups (broad SMARTS) is 4. The second-order valence-electron chi connectivity index (χ2n) is 10.1. The van der Waals surface area contributed by atoms with Crippen LogP contribution in [0.4, 0.5) is 52.7 Å². The number of carboxylic acids is 4. The van der Waals surface area contributed by atoms with Gasteiger partial charge in [-0.15, -0.1) is 0 Å². The predicted molar refractivity (Wildman–Crippen MR) is 145 cm³/mol. The average molecular weight is 768 g/mol. The molecular weight excluding hydrogens is 738 g/mol. The Kier molecular flexibility index (Phi) is 16.8. The Bertz CT molecular complexity index is 1340. The van der Waals surface area contributed by atoms with Gasteiger partial charge in [0.25, 0.3) is 0 Å². The van der Waals surface area contributed by atoms with Crippen LogP contribution in [0.3, 0.4) is 0 Å². The molecular formula is C26H29F12N5O8. The molecule has 4 heterocycles. The standard InChI is InChI=1S/C18H25N5.4C2HF3O2/c1-15-13-20-17-18(21(2)11-12-23(15)17)6-9-22(10-7-18)14-16-5-3-4-8-19-16;4*3-2(4,5)1(6)7/h3-5,8,13H,6-7,9-12,14H2,1-2H3;4*(H,6,7). The number of aryl methyl sites for hydroxylation is 1. The van der Waals surface area contributed by atoms with E-state index >= 15 is 0 Å². The van der Waals surface area contributed by atoms with E-state index in [0.717, 1.165) is 51.3 Å². The summed E-state index contributed by atoms with van der Waals surface area (Å²) in [6.45, 7) is 7.51. The van der Waals surface area contributed by atoms with Crippen LogP contribution in [0.15, 0.2) is 30.6 Å². The lowest BCUT2D eigenvalue weighted by atomic mass is 9.83. The molecule has 0 unspecified atom stereocenters. The highest BCUT2D eigenvalue weighted by atomic mass is 19.4. The lowest BCUT2D eigenvalue weighted by molar-refractivity contribution is -0.193. The quantitative estimate of drug-likeness (QED) is 0.313. The molecule has 0 atom stereocenters. The molecule has 1 spiro atoms. The van der Waals surface area contributed by atoms with Crippen LogP contribution in [0.2, 0.25) is 0 Å². The predicted octanol–water partition coefficient (Wildman–Crippen LogP) is 4.56. The molecule has 4 rings (SSSR count). The van der Waals surface area contributed by atoms with Crippen LogP contribution in [0, 0.1) is 6.92 Å². The fraction of sp³-hybridized carbons (Fsp3) is 0.538. The van der Waals surface area contributed by atoms with E-state index in [1.54, 1.807) is 0 Å². The normalized spacial score (nSPS) is 15.9. The number of aliphatic carboxylic acids is 4. The number of likely N-dealkylation sites (N-methyl/N-ethyl adjacent to an activating group) is 1. The summed E-state index contributed by atoms with van der Waals surface area (Å²) < 4.78 is 129. The number of rotatable bonds is 2. The number of aromatic nitrogens is 3. The summed E-state index contributed by atoms with van der Waals surface area (Å²) in [6, 6.07) is 6.17. The van der Waals surface area contributed by atoms with Gasteiger partial charge in [0.2, 0.25) is 0 Å². The number of hydrogen-bond donors (Lipinski definition) is 4. The molecule has 0 amide bonds. The molecule has 2 aromatic rings. The number of likely N-dealkylation sites (tertiary alicyclic amines) is 1. The minimum absolute atomic E-state index is 0.118. The summed E-state index contributed by atoms with van der Waals surface area (Å²) in [5.74, 6) is -9.75. The molecule has 1 fully saturated rings. The van der Waals surface area contributed by atoms with Crippen molar-refractivity contribution in [1.29, 1.82) is 0 Å². The third kappa shape index (κ3) is 15.8. The van der Waals surface area contributed by atoms with Crippen molar-refractivity contribution in [3.8, 4) is 0 Å². The molecule has 1 saturated heterocycles. The first-order chi connectivity index (χ1) is 23.0. The number of imidazole rings is 1. The van der Waals surface area contributed by atoms with E-state index in [-0.39, 0.29) is 5.54 Å². The molecule has 290 valence electrons. The van der Waals surface area contributed by atoms with Gasteiger partial charge in [-0.25, -0.2) is 24.2 Å².